The lowest BCUT2D eigenvalue weighted by Gasteiger charge is -2.21. The Kier molecular flexibility index (Phi) is 8.04. The third-order valence-electron chi connectivity index (χ3n) is 4.82. The zero-order chi connectivity index (χ0) is 22.9. The second-order valence-corrected chi connectivity index (χ2v) is 6.85. The number of azo groups is 1. The van der Waals surface area contributed by atoms with Crippen LogP contribution in [0.4, 0.5) is 17.1 Å². The lowest BCUT2D eigenvalue weighted by Crippen LogP contribution is -2.25. The number of aliphatic hydroxyl groups is 1. The van der Waals surface area contributed by atoms with Crippen LogP contribution in [-0.4, -0.2) is 48.2 Å². The summed E-state index contributed by atoms with van der Waals surface area (Å²) in [6, 6.07) is 12.9. The Hall–Kier alpha value is -3.59. The Morgan fingerprint density at radius 2 is 1.66 bits per heavy atom. The molecule has 0 radical (unpaired) electrons. The van der Waals surface area contributed by atoms with Crippen LogP contribution in [0.5, 0.6) is 11.5 Å². The molecule has 0 aliphatic rings. The highest BCUT2D eigenvalue weighted by molar-refractivity contribution is 5.73. The van der Waals surface area contributed by atoms with E-state index < -0.39 is 0 Å². The molecule has 0 fully saturated rings. The van der Waals surface area contributed by atoms with Gasteiger partial charge in [-0.1, -0.05) is 0 Å². The van der Waals surface area contributed by atoms with Gasteiger partial charge in [0.2, 0.25) is 0 Å². The van der Waals surface area contributed by atoms with Crippen molar-refractivity contribution in [2.24, 2.45) is 10.2 Å². The number of ether oxygens (including phenoxy) is 2. The topological polar surface area (TPSA) is 115 Å². The number of hydrogen-bond donors (Lipinski definition) is 3. The number of H-pyrrole nitrogens is 2. The summed E-state index contributed by atoms with van der Waals surface area (Å²) in [6.45, 7) is 8.28. The number of aliphatic hydroxyl groups excluding tert-OH is 1. The largest absolute Gasteiger partial charge is 0.490 e. The van der Waals surface area contributed by atoms with Crippen molar-refractivity contribution in [2.45, 2.75) is 20.8 Å². The van der Waals surface area contributed by atoms with Crippen LogP contribution in [0, 0.1) is 0 Å². The van der Waals surface area contributed by atoms with Crippen molar-refractivity contribution >= 4 is 17.1 Å². The van der Waals surface area contributed by atoms with Crippen LogP contribution >= 0.6 is 0 Å². The van der Waals surface area contributed by atoms with Crippen molar-refractivity contribution in [1.29, 1.82) is 0 Å². The van der Waals surface area contributed by atoms with Gasteiger partial charge in [0.25, 0.3) is 5.56 Å². The summed E-state index contributed by atoms with van der Waals surface area (Å²) in [4.78, 5) is 14.4. The monoisotopic (exact) mass is 439 g/mol. The van der Waals surface area contributed by atoms with Crippen LogP contribution in [0.2, 0.25) is 0 Å². The van der Waals surface area contributed by atoms with E-state index in [9.17, 15) is 9.90 Å². The van der Waals surface area contributed by atoms with Gasteiger partial charge in [0.15, 0.2) is 17.2 Å². The van der Waals surface area contributed by atoms with Gasteiger partial charge in [-0.25, -0.2) is 0 Å². The minimum Gasteiger partial charge on any atom is -0.490 e. The van der Waals surface area contributed by atoms with Crippen molar-refractivity contribution in [3.05, 3.63) is 52.8 Å². The lowest BCUT2D eigenvalue weighted by atomic mass is 10.1. The van der Waals surface area contributed by atoms with Crippen LogP contribution in [0.1, 0.15) is 20.8 Å². The van der Waals surface area contributed by atoms with Gasteiger partial charge < -0.3 is 19.5 Å². The molecule has 1 heterocycles. The Balaban J connectivity index is 1.87. The maximum absolute atomic E-state index is 12.3. The Labute approximate surface area is 186 Å². The fourth-order valence-corrected chi connectivity index (χ4v) is 3.29. The number of nitrogens with one attached hydrogen (secondary N) is 2. The van der Waals surface area contributed by atoms with E-state index >= 15 is 0 Å². The molecule has 32 heavy (non-hydrogen) atoms. The number of anilines is 1. The predicted molar refractivity (Wildman–Crippen MR) is 125 cm³/mol. The van der Waals surface area contributed by atoms with Gasteiger partial charge in [0, 0.05) is 24.3 Å². The summed E-state index contributed by atoms with van der Waals surface area (Å²) in [6.07, 6.45) is 0. The number of aromatic amines is 2. The standard InChI is InChI=1S/C23H29N5O4/c1-4-28(13-14-29)18-10-8-17(9-11-18)24-26-22-21(25-27-23(22)30)16-7-12-19(31-5-2)20(15-16)32-6-3/h7-12,15,29H,4-6,13-14H2,1-3H3,(H2,25,27,30). The highest BCUT2D eigenvalue weighted by Gasteiger charge is 2.15. The minimum absolute atomic E-state index is 0.0882. The van der Waals surface area contributed by atoms with E-state index in [1.807, 2.05) is 57.2 Å². The van der Waals surface area contributed by atoms with Crippen molar-refractivity contribution in [2.75, 3.05) is 37.8 Å². The van der Waals surface area contributed by atoms with E-state index in [1.54, 1.807) is 6.07 Å². The average Bonchev–Trinajstić information content (AvgIpc) is 3.18. The summed E-state index contributed by atoms with van der Waals surface area (Å²) in [5.41, 5.74) is 2.64. The third kappa shape index (κ3) is 5.36. The summed E-state index contributed by atoms with van der Waals surface area (Å²) in [5, 5.41) is 23.1. The van der Waals surface area contributed by atoms with Crippen LogP contribution < -0.4 is 19.9 Å². The molecule has 3 aromatic rings. The molecule has 2 aromatic carbocycles. The first-order valence-corrected chi connectivity index (χ1v) is 10.7. The molecular formula is C23H29N5O4. The average molecular weight is 440 g/mol. The molecule has 0 saturated carbocycles. The van der Waals surface area contributed by atoms with Gasteiger partial charge in [0.05, 0.1) is 31.2 Å². The van der Waals surface area contributed by atoms with Crippen LogP contribution in [0.15, 0.2) is 57.5 Å². The fraction of sp³-hybridized carbons (Fsp3) is 0.348. The van der Waals surface area contributed by atoms with Crippen LogP contribution in [0.25, 0.3) is 11.3 Å². The fourth-order valence-electron chi connectivity index (χ4n) is 3.29. The maximum Gasteiger partial charge on any atom is 0.292 e. The molecule has 0 aliphatic heterocycles. The van der Waals surface area contributed by atoms with E-state index in [0.717, 1.165) is 17.8 Å². The number of aromatic nitrogens is 2. The maximum atomic E-state index is 12.3. The minimum atomic E-state index is -0.368. The van der Waals surface area contributed by atoms with Gasteiger partial charge in [-0.3, -0.25) is 15.0 Å². The van der Waals surface area contributed by atoms with Crippen molar-refractivity contribution < 1.29 is 14.6 Å². The summed E-state index contributed by atoms with van der Waals surface area (Å²) in [5.74, 6) is 1.23. The third-order valence-corrected chi connectivity index (χ3v) is 4.82. The molecular weight excluding hydrogens is 410 g/mol. The van der Waals surface area contributed by atoms with E-state index in [0.29, 0.717) is 42.6 Å². The van der Waals surface area contributed by atoms with Crippen molar-refractivity contribution in [3.8, 4) is 22.8 Å². The molecule has 3 N–H and O–H groups in total. The first-order chi connectivity index (χ1) is 15.6. The van der Waals surface area contributed by atoms with E-state index in [4.69, 9.17) is 9.47 Å². The molecule has 1 aromatic heterocycles. The highest BCUT2D eigenvalue weighted by Crippen LogP contribution is 2.35. The van der Waals surface area contributed by atoms with Crippen LogP contribution in [-0.2, 0) is 0 Å². The van der Waals surface area contributed by atoms with E-state index in [1.165, 1.54) is 0 Å². The van der Waals surface area contributed by atoms with Gasteiger partial charge in [-0.15, -0.1) is 5.11 Å². The quantitative estimate of drug-likeness (QED) is 0.383. The molecule has 0 aliphatic carbocycles. The van der Waals surface area contributed by atoms with Crippen molar-refractivity contribution in [3.63, 3.8) is 0 Å². The predicted octanol–water partition coefficient (Wildman–Crippen LogP) is 4.40. The molecule has 0 spiro atoms. The van der Waals surface area contributed by atoms with Gasteiger partial charge in [-0.05, 0) is 63.2 Å². The summed E-state index contributed by atoms with van der Waals surface area (Å²) in [7, 11) is 0. The number of hydrogen-bond acceptors (Lipinski definition) is 7. The SMILES string of the molecule is CCOc1ccc(-c2[nH][nH]c(=O)c2N=Nc2ccc(N(CC)CCO)cc2)cc1OCC. The number of nitrogens with zero attached hydrogens (tertiary/aromatic N) is 3. The van der Waals surface area contributed by atoms with Gasteiger partial charge in [0.1, 0.15) is 0 Å². The Morgan fingerprint density at radius 3 is 2.31 bits per heavy atom. The number of likely N-dealkylation sites (N-methyl/N-ethyl adjacent to an activating group) is 1. The molecule has 0 saturated heterocycles. The first-order valence-electron chi connectivity index (χ1n) is 10.7. The van der Waals surface area contributed by atoms with E-state index in [-0.39, 0.29) is 17.9 Å². The molecule has 170 valence electrons. The normalized spacial score (nSPS) is 11.1. The Bertz CT molecular complexity index is 1090. The lowest BCUT2D eigenvalue weighted by molar-refractivity contribution is 0.288. The van der Waals surface area contributed by atoms with Gasteiger partial charge in [-0.2, -0.15) is 5.11 Å². The zero-order valence-corrected chi connectivity index (χ0v) is 18.6. The second kappa shape index (κ2) is 11.1. The van der Waals surface area contributed by atoms with Gasteiger partial charge >= 0.3 is 0 Å². The molecule has 0 bridgehead atoms. The summed E-state index contributed by atoms with van der Waals surface area (Å²) < 4.78 is 11.3. The number of benzene rings is 2. The molecule has 3 rings (SSSR count). The van der Waals surface area contributed by atoms with Crippen LogP contribution in [0.3, 0.4) is 0 Å². The van der Waals surface area contributed by atoms with E-state index in [2.05, 4.69) is 25.3 Å². The Morgan fingerprint density at radius 1 is 0.938 bits per heavy atom. The molecule has 0 atom stereocenters. The molecule has 9 heteroatoms. The smallest absolute Gasteiger partial charge is 0.292 e. The number of rotatable bonds is 11. The second-order valence-electron chi connectivity index (χ2n) is 6.85. The first kappa shape index (κ1) is 23.1. The molecule has 0 amide bonds. The zero-order valence-electron chi connectivity index (χ0n) is 18.6. The highest BCUT2D eigenvalue weighted by atomic mass is 16.5. The molecule has 9 nitrogen and oxygen atoms in total. The van der Waals surface area contributed by atoms with Crippen molar-refractivity contribution in [1.82, 2.24) is 10.2 Å². The summed E-state index contributed by atoms with van der Waals surface area (Å²) >= 11 is 0. The molecule has 0 unspecified atom stereocenters.